The Morgan fingerprint density at radius 3 is 2.55 bits per heavy atom. The molecule has 7 nitrogen and oxygen atoms in total. The van der Waals surface area contributed by atoms with Crippen LogP contribution in [0.15, 0.2) is 59.4 Å². The molecule has 1 aliphatic rings. The number of hydrogen-bond donors (Lipinski definition) is 0. The fourth-order valence-electron chi connectivity index (χ4n) is 3.95. The van der Waals surface area contributed by atoms with Crippen LogP contribution in [0.1, 0.15) is 21.6 Å². The smallest absolute Gasteiger partial charge is 0.275 e. The molecule has 1 saturated heterocycles. The highest BCUT2D eigenvalue weighted by molar-refractivity contribution is 7.19. The van der Waals surface area contributed by atoms with Crippen molar-refractivity contribution in [1.82, 2.24) is 24.4 Å². The number of hydrogen-bond acceptors (Lipinski definition) is 6. The molecule has 9 heteroatoms. The van der Waals surface area contributed by atoms with Crippen molar-refractivity contribution in [2.75, 3.05) is 26.2 Å². The van der Waals surface area contributed by atoms with E-state index in [0.717, 1.165) is 34.9 Å². The maximum atomic E-state index is 12.7. The Labute approximate surface area is 199 Å². The standard InChI is InChI=1S/C24H22ClN5O2S/c1-16-3-2-4-18(13-16)22-27-30-21(31)14-20(26-24(30)33-22)15-28-9-11-29(12-10-28)23(32)17-5-7-19(25)8-6-17/h2-8,13-14H,9-12,15H2,1H3. The second kappa shape index (κ2) is 9.05. The Bertz CT molecular complexity index is 1370. The summed E-state index contributed by atoms with van der Waals surface area (Å²) >= 11 is 7.33. The maximum Gasteiger partial charge on any atom is 0.275 e. The minimum absolute atomic E-state index is 0.0115. The van der Waals surface area contributed by atoms with Crippen LogP contribution in [0.5, 0.6) is 0 Å². The number of fused-ring (bicyclic) bond motifs is 1. The van der Waals surface area contributed by atoms with E-state index in [1.54, 1.807) is 30.3 Å². The zero-order chi connectivity index (χ0) is 22.9. The molecular weight excluding hydrogens is 458 g/mol. The topological polar surface area (TPSA) is 70.8 Å². The summed E-state index contributed by atoms with van der Waals surface area (Å²) in [6.45, 7) is 5.28. The molecule has 0 saturated carbocycles. The number of carbonyl (C=O) groups is 1. The summed E-state index contributed by atoms with van der Waals surface area (Å²) in [5.74, 6) is 0.0115. The Balaban J connectivity index is 1.27. The van der Waals surface area contributed by atoms with E-state index >= 15 is 0 Å². The molecule has 1 aliphatic heterocycles. The lowest BCUT2D eigenvalue weighted by atomic mass is 10.1. The van der Waals surface area contributed by atoms with Crippen molar-refractivity contribution in [3.05, 3.63) is 86.8 Å². The highest BCUT2D eigenvalue weighted by Crippen LogP contribution is 2.25. The molecule has 0 aliphatic carbocycles. The Hall–Kier alpha value is -3.07. The predicted octanol–water partition coefficient (Wildman–Crippen LogP) is 3.74. The van der Waals surface area contributed by atoms with Gasteiger partial charge >= 0.3 is 0 Å². The molecule has 0 radical (unpaired) electrons. The zero-order valence-corrected chi connectivity index (χ0v) is 19.6. The summed E-state index contributed by atoms with van der Waals surface area (Å²) in [4.78, 5) is 34.7. The number of benzene rings is 2. The number of halogens is 1. The van der Waals surface area contributed by atoms with Gasteiger partial charge in [0.05, 0.1) is 5.69 Å². The van der Waals surface area contributed by atoms with Crippen LogP contribution in [0.25, 0.3) is 15.5 Å². The first-order chi connectivity index (χ1) is 16.0. The van der Waals surface area contributed by atoms with Gasteiger partial charge in [-0.05, 0) is 37.3 Å². The van der Waals surface area contributed by atoms with Gasteiger partial charge in [0.1, 0.15) is 5.01 Å². The third-order valence-electron chi connectivity index (χ3n) is 5.70. The Morgan fingerprint density at radius 2 is 1.82 bits per heavy atom. The summed E-state index contributed by atoms with van der Waals surface area (Å²) in [5.41, 5.74) is 3.30. The van der Waals surface area contributed by atoms with Crippen LogP contribution < -0.4 is 5.56 Å². The maximum absolute atomic E-state index is 12.7. The molecule has 0 spiro atoms. The van der Waals surface area contributed by atoms with E-state index in [0.29, 0.717) is 35.2 Å². The van der Waals surface area contributed by atoms with E-state index in [-0.39, 0.29) is 11.5 Å². The summed E-state index contributed by atoms with van der Waals surface area (Å²) < 4.78 is 1.37. The normalized spacial score (nSPS) is 14.7. The molecule has 33 heavy (non-hydrogen) atoms. The SMILES string of the molecule is Cc1cccc(-c2nn3c(=O)cc(CN4CCN(C(=O)c5ccc(Cl)cc5)CC4)nc3s2)c1. The molecule has 2 aromatic carbocycles. The summed E-state index contributed by atoms with van der Waals surface area (Å²) in [7, 11) is 0. The highest BCUT2D eigenvalue weighted by Gasteiger charge is 2.23. The van der Waals surface area contributed by atoms with E-state index in [1.807, 2.05) is 30.0 Å². The quantitative estimate of drug-likeness (QED) is 0.446. The number of nitrogens with zero attached hydrogens (tertiary/aromatic N) is 5. The average Bonchev–Trinajstić information content (AvgIpc) is 3.25. The third kappa shape index (κ3) is 4.68. The molecule has 4 aromatic rings. The van der Waals surface area contributed by atoms with Crippen molar-refractivity contribution in [1.29, 1.82) is 0 Å². The fraction of sp³-hybridized carbons (Fsp3) is 0.250. The predicted molar refractivity (Wildman–Crippen MR) is 130 cm³/mol. The van der Waals surface area contributed by atoms with Gasteiger partial charge in [-0.25, -0.2) is 4.98 Å². The van der Waals surface area contributed by atoms with Gasteiger partial charge in [-0.2, -0.15) is 9.61 Å². The van der Waals surface area contributed by atoms with Crippen LogP contribution in [0.4, 0.5) is 0 Å². The summed E-state index contributed by atoms with van der Waals surface area (Å²) in [5, 5.41) is 5.86. The molecule has 0 N–H and O–H groups in total. The van der Waals surface area contributed by atoms with Gasteiger partial charge in [-0.15, -0.1) is 0 Å². The number of amides is 1. The molecule has 1 amide bonds. The minimum Gasteiger partial charge on any atom is -0.336 e. The number of rotatable bonds is 4. The van der Waals surface area contributed by atoms with Crippen LogP contribution >= 0.6 is 22.9 Å². The van der Waals surface area contributed by atoms with E-state index in [1.165, 1.54) is 15.9 Å². The number of aromatic nitrogens is 3. The van der Waals surface area contributed by atoms with Gasteiger partial charge in [0.15, 0.2) is 0 Å². The van der Waals surface area contributed by atoms with Crippen LogP contribution in [-0.2, 0) is 6.54 Å². The lowest BCUT2D eigenvalue weighted by Crippen LogP contribution is -2.48. The van der Waals surface area contributed by atoms with Crippen LogP contribution in [0.3, 0.4) is 0 Å². The average molecular weight is 480 g/mol. The Morgan fingerprint density at radius 1 is 1.06 bits per heavy atom. The van der Waals surface area contributed by atoms with Crippen molar-refractivity contribution in [2.45, 2.75) is 13.5 Å². The Kier molecular flexibility index (Phi) is 5.97. The molecule has 0 unspecified atom stereocenters. The van der Waals surface area contributed by atoms with Gasteiger partial charge < -0.3 is 4.90 Å². The van der Waals surface area contributed by atoms with E-state index in [9.17, 15) is 9.59 Å². The molecule has 3 heterocycles. The van der Waals surface area contributed by atoms with Gasteiger partial charge in [0.2, 0.25) is 4.96 Å². The molecular formula is C24H22ClN5O2S. The van der Waals surface area contributed by atoms with Gasteiger partial charge in [0.25, 0.3) is 11.5 Å². The largest absolute Gasteiger partial charge is 0.336 e. The molecule has 5 rings (SSSR count). The van der Waals surface area contributed by atoms with Crippen molar-refractivity contribution in [3.63, 3.8) is 0 Å². The lowest BCUT2D eigenvalue weighted by molar-refractivity contribution is 0.0627. The number of aryl methyl sites for hydroxylation is 1. The number of piperazine rings is 1. The first kappa shape index (κ1) is 21.8. The van der Waals surface area contributed by atoms with Crippen molar-refractivity contribution in [2.24, 2.45) is 0 Å². The fourth-order valence-corrected chi connectivity index (χ4v) is 4.99. The van der Waals surface area contributed by atoms with Crippen molar-refractivity contribution >= 4 is 33.8 Å². The molecule has 2 aromatic heterocycles. The van der Waals surface area contributed by atoms with Crippen molar-refractivity contribution in [3.8, 4) is 10.6 Å². The van der Waals surface area contributed by atoms with Gasteiger partial charge in [-0.1, -0.05) is 46.7 Å². The van der Waals surface area contributed by atoms with Crippen LogP contribution in [-0.4, -0.2) is 56.5 Å². The second-order valence-corrected chi connectivity index (χ2v) is 9.52. The van der Waals surface area contributed by atoms with Crippen LogP contribution in [0, 0.1) is 6.92 Å². The van der Waals surface area contributed by atoms with E-state index in [4.69, 9.17) is 16.6 Å². The summed E-state index contributed by atoms with van der Waals surface area (Å²) in [6.07, 6.45) is 0. The van der Waals surface area contributed by atoms with Gasteiger partial charge in [0, 0.05) is 54.9 Å². The van der Waals surface area contributed by atoms with E-state index in [2.05, 4.69) is 16.1 Å². The molecule has 0 bridgehead atoms. The zero-order valence-electron chi connectivity index (χ0n) is 18.1. The monoisotopic (exact) mass is 479 g/mol. The first-order valence-electron chi connectivity index (χ1n) is 10.7. The van der Waals surface area contributed by atoms with Crippen molar-refractivity contribution < 1.29 is 4.79 Å². The highest BCUT2D eigenvalue weighted by atomic mass is 35.5. The molecule has 0 atom stereocenters. The lowest BCUT2D eigenvalue weighted by Gasteiger charge is -2.34. The number of carbonyl (C=O) groups excluding carboxylic acids is 1. The van der Waals surface area contributed by atoms with Gasteiger partial charge in [-0.3, -0.25) is 14.5 Å². The molecule has 1 fully saturated rings. The summed E-state index contributed by atoms with van der Waals surface area (Å²) in [6, 6.07) is 16.6. The van der Waals surface area contributed by atoms with E-state index < -0.39 is 0 Å². The first-order valence-corrected chi connectivity index (χ1v) is 11.9. The second-order valence-electron chi connectivity index (χ2n) is 8.13. The van der Waals surface area contributed by atoms with Crippen LogP contribution in [0.2, 0.25) is 5.02 Å². The minimum atomic E-state index is -0.179. The molecule has 168 valence electrons. The third-order valence-corrected chi connectivity index (χ3v) is 6.91.